The highest BCUT2D eigenvalue weighted by atomic mass is 35.5. The number of nitrogens with zero attached hydrogens (tertiary/aromatic N) is 3. The molecule has 0 bridgehead atoms. The summed E-state index contributed by atoms with van der Waals surface area (Å²) in [6.45, 7) is 2.81. The minimum absolute atomic E-state index is 0.0495. The largest absolute Gasteiger partial charge is 0.477 e. The summed E-state index contributed by atoms with van der Waals surface area (Å²) in [7, 11) is 0. The predicted octanol–water partition coefficient (Wildman–Crippen LogP) is 2.48. The Labute approximate surface area is 211 Å². The van der Waals surface area contributed by atoms with Crippen molar-refractivity contribution in [1.29, 1.82) is 0 Å². The third kappa shape index (κ3) is 4.07. The number of rotatable bonds is 6. The van der Waals surface area contributed by atoms with Crippen molar-refractivity contribution < 1.29 is 38.5 Å². The molecule has 0 unspecified atom stereocenters. The fourth-order valence-electron chi connectivity index (χ4n) is 4.24. The smallest absolute Gasteiger partial charge is 0.412 e. The molecule has 1 fully saturated rings. The Bertz CT molecular complexity index is 1420. The number of β-lactam (4-membered cyclic amide) rings is 1. The molecule has 0 spiro atoms. The Hall–Kier alpha value is -3.58. The number of ether oxygens (including phenoxy) is 1. The van der Waals surface area contributed by atoms with Gasteiger partial charge in [0, 0.05) is 31.0 Å². The summed E-state index contributed by atoms with van der Waals surface area (Å²) in [6, 6.07) is 0.755. The van der Waals surface area contributed by atoms with Crippen LogP contribution >= 0.6 is 23.4 Å². The van der Waals surface area contributed by atoms with Gasteiger partial charge in [0.1, 0.15) is 35.2 Å². The van der Waals surface area contributed by atoms with Crippen LogP contribution in [0.5, 0.6) is 0 Å². The summed E-state index contributed by atoms with van der Waals surface area (Å²) < 4.78 is 20.6. The van der Waals surface area contributed by atoms with Gasteiger partial charge in [-0.3, -0.25) is 24.2 Å². The third-order valence-electron chi connectivity index (χ3n) is 5.86. The number of aryl methyl sites for hydroxylation is 1. The quantitative estimate of drug-likeness (QED) is 0.417. The molecule has 0 radical (unpaired) electrons. The van der Waals surface area contributed by atoms with Crippen LogP contribution in [0.4, 0.5) is 14.9 Å². The van der Waals surface area contributed by atoms with E-state index in [0.717, 1.165) is 29.7 Å². The fourth-order valence-corrected chi connectivity index (χ4v) is 5.77. The summed E-state index contributed by atoms with van der Waals surface area (Å²) >= 11 is 6.93. The maximum absolute atomic E-state index is 14.2. The van der Waals surface area contributed by atoms with E-state index in [9.17, 15) is 38.6 Å². The normalized spacial score (nSPS) is 19.1. The second-order valence-electron chi connectivity index (χ2n) is 7.96. The van der Waals surface area contributed by atoms with Crippen LogP contribution in [0.25, 0.3) is 10.9 Å². The van der Waals surface area contributed by atoms with Crippen LogP contribution in [0, 0.1) is 5.82 Å². The molecule has 36 heavy (non-hydrogen) atoms. The van der Waals surface area contributed by atoms with E-state index in [1.807, 2.05) is 0 Å². The van der Waals surface area contributed by atoms with Gasteiger partial charge in [-0.15, -0.1) is 11.8 Å². The summed E-state index contributed by atoms with van der Waals surface area (Å²) in [5.41, 5.74) is -1.15. The molecular formula is C22H19ClFN3O8S. The van der Waals surface area contributed by atoms with E-state index in [1.54, 1.807) is 6.92 Å². The van der Waals surface area contributed by atoms with Crippen molar-refractivity contribution in [2.45, 2.75) is 31.8 Å². The molecule has 0 aliphatic carbocycles. The van der Waals surface area contributed by atoms with Crippen LogP contribution < -0.4 is 10.3 Å². The number of hydrogen-bond acceptors (Lipinski definition) is 7. The van der Waals surface area contributed by atoms with E-state index < -0.39 is 52.3 Å². The molecule has 0 saturated carbocycles. The lowest BCUT2D eigenvalue weighted by Gasteiger charge is -2.51. The molecule has 190 valence electrons. The van der Waals surface area contributed by atoms with Gasteiger partial charge >= 0.3 is 18.0 Å². The molecule has 1 aromatic carbocycles. The second kappa shape index (κ2) is 9.47. The first-order valence-corrected chi connectivity index (χ1v) is 12.0. The number of aliphatic carboxylic acids is 1. The number of halogens is 2. The molecule has 1 aromatic heterocycles. The predicted molar refractivity (Wildman–Crippen MR) is 128 cm³/mol. The Morgan fingerprint density at radius 2 is 1.97 bits per heavy atom. The first-order valence-electron chi connectivity index (χ1n) is 10.6. The van der Waals surface area contributed by atoms with E-state index in [1.165, 1.54) is 16.8 Å². The van der Waals surface area contributed by atoms with Crippen molar-refractivity contribution in [2.24, 2.45) is 0 Å². The van der Waals surface area contributed by atoms with E-state index in [0.29, 0.717) is 4.90 Å². The first kappa shape index (κ1) is 25.5. The fraction of sp³-hybridized carbons (Fsp3) is 0.318. The number of pyridine rings is 1. The molecule has 4 rings (SSSR count). The standard InChI is InChI=1S/C22H19ClFN3O8S/c1-3-25-6-15(18(29)11-4-13(24)12(23)5-14(11)25)26(22(33)34)17-19(30)27-16(21(31)32)10(7-35-9(2)28)8-36-20(17)27/h4-6,17,20H,3,7-8H2,1-2H3,(H,31,32)(H,33,34)/t17-,20-/m1/s1. The number of anilines is 1. The number of thioether (sulfide) groups is 1. The lowest BCUT2D eigenvalue weighted by Crippen LogP contribution is -2.72. The van der Waals surface area contributed by atoms with E-state index in [-0.39, 0.29) is 46.1 Å². The first-order chi connectivity index (χ1) is 17.0. The molecule has 2 amide bonds. The summed E-state index contributed by atoms with van der Waals surface area (Å²) in [4.78, 5) is 63.4. The van der Waals surface area contributed by atoms with Crippen LogP contribution in [-0.4, -0.2) is 67.4 Å². The number of carbonyl (C=O) groups excluding carboxylic acids is 2. The highest BCUT2D eigenvalue weighted by Crippen LogP contribution is 2.43. The Morgan fingerprint density at radius 1 is 1.28 bits per heavy atom. The molecule has 2 aliphatic heterocycles. The number of aromatic nitrogens is 1. The number of carbonyl (C=O) groups is 4. The van der Waals surface area contributed by atoms with Gasteiger partial charge in [-0.05, 0) is 19.1 Å². The third-order valence-corrected chi connectivity index (χ3v) is 7.47. The number of benzene rings is 1. The van der Waals surface area contributed by atoms with Crippen molar-refractivity contribution in [3.05, 3.63) is 50.7 Å². The number of fused-ring (bicyclic) bond motifs is 2. The summed E-state index contributed by atoms with van der Waals surface area (Å²) in [5, 5.41) is 18.4. The highest BCUT2D eigenvalue weighted by Gasteiger charge is 2.58. The Kier molecular flexibility index (Phi) is 6.71. The zero-order valence-electron chi connectivity index (χ0n) is 18.9. The van der Waals surface area contributed by atoms with Crippen LogP contribution in [0.1, 0.15) is 13.8 Å². The number of amides is 2. The maximum Gasteiger partial charge on any atom is 0.412 e. The molecule has 2 N–H and O–H groups in total. The van der Waals surface area contributed by atoms with Crippen molar-refractivity contribution in [1.82, 2.24) is 9.47 Å². The minimum Gasteiger partial charge on any atom is -0.477 e. The van der Waals surface area contributed by atoms with Crippen LogP contribution in [0.15, 0.2) is 34.4 Å². The number of carboxylic acids is 1. The molecule has 2 aromatic rings. The molecule has 1 saturated heterocycles. The zero-order chi connectivity index (χ0) is 26.5. The number of hydrogen-bond donors (Lipinski definition) is 2. The average molecular weight is 540 g/mol. The van der Waals surface area contributed by atoms with Crippen molar-refractivity contribution in [3.8, 4) is 0 Å². The maximum atomic E-state index is 14.2. The SMILES string of the molecule is CCn1cc(N(C(=O)O)[C@@H]2C(=O)N3C(C(=O)O)=C(COC(C)=O)CS[C@H]23)c(=O)c2cc(F)c(Cl)cc21. The van der Waals surface area contributed by atoms with Gasteiger partial charge in [-0.25, -0.2) is 14.0 Å². The van der Waals surface area contributed by atoms with Crippen LogP contribution in [0.2, 0.25) is 5.02 Å². The minimum atomic E-state index is -1.62. The van der Waals surface area contributed by atoms with E-state index >= 15 is 0 Å². The molecule has 2 aliphatic rings. The average Bonchev–Trinajstić information content (AvgIpc) is 2.82. The highest BCUT2D eigenvalue weighted by molar-refractivity contribution is 8.00. The van der Waals surface area contributed by atoms with Crippen molar-refractivity contribution in [3.63, 3.8) is 0 Å². The monoisotopic (exact) mass is 539 g/mol. The molecule has 3 heterocycles. The number of esters is 1. The molecule has 14 heteroatoms. The van der Waals surface area contributed by atoms with Gasteiger partial charge in [0.2, 0.25) is 5.43 Å². The van der Waals surface area contributed by atoms with Crippen molar-refractivity contribution in [2.75, 3.05) is 17.3 Å². The second-order valence-corrected chi connectivity index (χ2v) is 9.47. The van der Waals surface area contributed by atoms with Gasteiger partial charge < -0.3 is 19.5 Å². The van der Waals surface area contributed by atoms with Gasteiger partial charge in [0.15, 0.2) is 0 Å². The van der Waals surface area contributed by atoms with E-state index in [2.05, 4.69) is 0 Å². The van der Waals surface area contributed by atoms with Crippen molar-refractivity contribution >= 4 is 63.9 Å². The lowest BCUT2D eigenvalue weighted by atomic mass is 10.0. The van der Waals surface area contributed by atoms with Crippen LogP contribution in [0.3, 0.4) is 0 Å². The van der Waals surface area contributed by atoms with Gasteiger partial charge in [0.05, 0.1) is 15.9 Å². The summed E-state index contributed by atoms with van der Waals surface area (Å²) in [6.07, 6.45) is -0.370. The lowest BCUT2D eigenvalue weighted by molar-refractivity contribution is -0.148. The van der Waals surface area contributed by atoms with Gasteiger partial charge in [-0.1, -0.05) is 11.6 Å². The topological polar surface area (TPSA) is 146 Å². The number of carboxylic acid groups (broad SMARTS) is 2. The summed E-state index contributed by atoms with van der Waals surface area (Å²) in [5.74, 6) is -3.76. The van der Waals surface area contributed by atoms with E-state index in [4.69, 9.17) is 16.3 Å². The molecule has 11 nitrogen and oxygen atoms in total. The zero-order valence-corrected chi connectivity index (χ0v) is 20.4. The Balaban J connectivity index is 1.80. The van der Waals surface area contributed by atoms with Gasteiger partial charge in [0.25, 0.3) is 5.91 Å². The van der Waals surface area contributed by atoms with Gasteiger partial charge in [-0.2, -0.15) is 0 Å². The van der Waals surface area contributed by atoms with Crippen LogP contribution in [-0.2, 0) is 25.7 Å². The molecule has 2 atom stereocenters. The Morgan fingerprint density at radius 3 is 2.56 bits per heavy atom. The molecular weight excluding hydrogens is 521 g/mol.